The fourth-order valence-corrected chi connectivity index (χ4v) is 2.45. The Morgan fingerprint density at radius 1 is 1.50 bits per heavy atom. The lowest BCUT2D eigenvalue weighted by atomic mass is 10.3. The van der Waals surface area contributed by atoms with Crippen LogP contribution in [0.5, 0.6) is 5.75 Å². The summed E-state index contributed by atoms with van der Waals surface area (Å²) in [5.41, 5.74) is 6.53. The van der Waals surface area contributed by atoms with Crippen LogP contribution in [-0.2, 0) is 0 Å². The number of ether oxygens (including phenoxy) is 1. The van der Waals surface area contributed by atoms with Gasteiger partial charge in [0.15, 0.2) is 5.13 Å². The van der Waals surface area contributed by atoms with E-state index in [0.717, 1.165) is 27.6 Å². The van der Waals surface area contributed by atoms with Gasteiger partial charge < -0.3 is 15.4 Å². The molecule has 2 aromatic rings. The third-order valence-electron chi connectivity index (χ3n) is 2.38. The molecular weight excluding hydrogens is 222 g/mol. The molecule has 0 aliphatic carbocycles. The van der Waals surface area contributed by atoms with Crippen molar-refractivity contribution >= 4 is 26.7 Å². The number of thiazole rings is 1. The molecule has 2 rings (SSSR count). The normalized spacial score (nSPS) is 10.7. The van der Waals surface area contributed by atoms with Crippen LogP contribution >= 0.6 is 11.3 Å². The van der Waals surface area contributed by atoms with E-state index in [1.54, 1.807) is 18.4 Å². The lowest BCUT2D eigenvalue weighted by molar-refractivity contribution is 0.415. The van der Waals surface area contributed by atoms with Gasteiger partial charge in [-0.2, -0.15) is 0 Å². The Morgan fingerprint density at radius 2 is 2.31 bits per heavy atom. The minimum Gasteiger partial charge on any atom is -0.497 e. The molecule has 1 aromatic carbocycles. The average Bonchev–Trinajstić information content (AvgIpc) is 2.71. The van der Waals surface area contributed by atoms with Crippen LogP contribution in [0.15, 0.2) is 18.2 Å². The highest BCUT2D eigenvalue weighted by atomic mass is 32.1. The molecule has 86 valence electrons. The number of benzene rings is 1. The van der Waals surface area contributed by atoms with Crippen LogP contribution in [0.2, 0.25) is 0 Å². The topological polar surface area (TPSA) is 51.4 Å². The smallest absolute Gasteiger partial charge is 0.186 e. The van der Waals surface area contributed by atoms with Gasteiger partial charge in [-0.15, -0.1) is 0 Å². The first kappa shape index (κ1) is 11.2. The Bertz CT molecular complexity index is 483. The van der Waals surface area contributed by atoms with Gasteiger partial charge in [-0.05, 0) is 18.2 Å². The quantitative estimate of drug-likeness (QED) is 0.879. The van der Waals surface area contributed by atoms with E-state index in [1.807, 2.05) is 25.2 Å². The second-order valence-electron chi connectivity index (χ2n) is 3.54. The lowest BCUT2D eigenvalue weighted by Crippen LogP contribution is -2.24. The van der Waals surface area contributed by atoms with E-state index in [0.29, 0.717) is 6.54 Å². The molecule has 0 bridgehead atoms. The molecule has 1 heterocycles. The zero-order chi connectivity index (χ0) is 11.5. The van der Waals surface area contributed by atoms with Crippen LogP contribution in [0.4, 0.5) is 5.13 Å². The highest BCUT2D eigenvalue weighted by molar-refractivity contribution is 7.22. The number of anilines is 1. The monoisotopic (exact) mass is 237 g/mol. The van der Waals surface area contributed by atoms with Crippen molar-refractivity contribution in [2.24, 2.45) is 5.73 Å². The molecule has 0 saturated carbocycles. The standard InChI is InChI=1S/C11H15N3OS/c1-14(6-5-12)11-13-9-4-3-8(15-2)7-10(9)16-11/h3-4,7H,5-6,12H2,1-2H3. The predicted molar refractivity (Wildman–Crippen MR) is 68.5 cm³/mol. The first-order chi connectivity index (χ1) is 7.74. The summed E-state index contributed by atoms with van der Waals surface area (Å²) in [6, 6.07) is 5.91. The second-order valence-corrected chi connectivity index (χ2v) is 4.55. The molecule has 2 N–H and O–H groups in total. The summed E-state index contributed by atoms with van der Waals surface area (Å²) in [7, 11) is 3.67. The molecule has 0 amide bonds. The molecule has 0 radical (unpaired) electrons. The second kappa shape index (κ2) is 4.67. The summed E-state index contributed by atoms with van der Waals surface area (Å²) in [4.78, 5) is 6.61. The van der Waals surface area contributed by atoms with Gasteiger partial charge in [0.05, 0.1) is 17.3 Å². The van der Waals surface area contributed by atoms with E-state index in [1.165, 1.54) is 0 Å². The highest BCUT2D eigenvalue weighted by Gasteiger charge is 2.08. The fourth-order valence-electron chi connectivity index (χ4n) is 1.47. The van der Waals surface area contributed by atoms with Crippen molar-refractivity contribution in [2.45, 2.75) is 0 Å². The molecule has 0 aliphatic rings. The van der Waals surface area contributed by atoms with Gasteiger partial charge in [0.25, 0.3) is 0 Å². The summed E-state index contributed by atoms with van der Waals surface area (Å²) in [6.45, 7) is 1.45. The molecule has 0 saturated heterocycles. The van der Waals surface area contributed by atoms with Crippen molar-refractivity contribution in [3.05, 3.63) is 18.2 Å². The zero-order valence-electron chi connectivity index (χ0n) is 9.43. The maximum absolute atomic E-state index is 5.52. The van der Waals surface area contributed by atoms with Gasteiger partial charge in [0, 0.05) is 20.1 Å². The van der Waals surface area contributed by atoms with Crippen molar-refractivity contribution in [3.8, 4) is 5.75 Å². The van der Waals surface area contributed by atoms with E-state index in [-0.39, 0.29) is 0 Å². The minimum atomic E-state index is 0.635. The molecule has 0 unspecified atom stereocenters. The van der Waals surface area contributed by atoms with E-state index >= 15 is 0 Å². The van der Waals surface area contributed by atoms with E-state index in [9.17, 15) is 0 Å². The number of nitrogens with zero attached hydrogens (tertiary/aromatic N) is 2. The summed E-state index contributed by atoms with van der Waals surface area (Å²) in [5.74, 6) is 0.865. The largest absolute Gasteiger partial charge is 0.497 e. The molecule has 0 atom stereocenters. The Kier molecular flexibility index (Phi) is 3.26. The molecule has 1 aromatic heterocycles. The van der Waals surface area contributed by atoms with Crippen LogP contribution in [-0.4, -0.2) is 32.2 Å². The van der Waals surface area contributed by atoms with Gasteiger partial charge in [-0.25, -0.2) is 4.98 Å². The van der Waals surface area contributed by atoms with Gasteiger partial charge in [0.1, 0.15) is 5.75 Å². The van der Waals surface area contributed by atoms with Crippen LogP contribution < -0.4 is 15.4 Å². The summed E-state index contributed by atoms with van der Waals surface area (Å²) in [6.07, 6.45) is 0. The third-order valence-corrected chi connectivity index (χ3v) is 3.51. The maximum atomic E-state index is 5.52. The van der Waals surface area contributed by atoms with Crippen molar-refractivity contribution in [1.82, 2.24) is 4.98 Å². The van der Waals surface area contributed by atoms with Gasteiger partial charge >= 0.3 is 0 Å². The zero-order valence-corrected chi connectivity index (χ0v) is 10.3. The van der Waals surface area contributed by atoms with Crippen molar-refractivity contribution in [1.29, 1.82) is 0 Å². The predicted octanol–water partition coefficient (Wildman–Crippen LogP) is 1.70. The Hall–Kier alpha value is -1.33. The fraction of sp³-hybridized carbons (Fsp3) is 0.364. The number of hydrogen-bond acceptors (Lipinski definition) is 5. The van der Waals surface area contributed by atoms with Crippen LogP contribution in [0, 0.1) is 0 Å². The van der Waals surface area contributed by atoms with Gasteiger partial charge in [0.2, 0.25) is 0 Å². The molecule has 5 heteroatoms. The molecule has 4 nitrogen and oxygen atoms in total. The highest BCUT2D eigenvalue weighted by Crippen LogP contribution is 2.30. The number of nitrogens with two attached hydrogens (primary N) is 1. The number of fused-ring (bicyclic) bond motifs is 1. The summed E-state index contributed by atoms with van der Waals surface area (Å²) in [5, 5.41) is 0.994. The van der Waals surface area contributed by atoms with Crippen molar-refractivity contribution in [2.75, 3.05) is 32.1 Å². The van der Waals surface area contributed by atoms with E-state index in [4.69, 9.17) is 10.5 Å². The van der Waals surface area contributed by atoms with Crippen LogP contribution in [0.25, 0.3) is 10.2 Å². The number of rotatable bonds is 4. The minimum absolute atomic E-state index is 0.635. The molecule has 16 heavy (non-hydrogen) atoms. The van der Waals surface area contributed by atoms with Crippen molar-refractivity contribution in [3.63, 3.8) is 0 Å². The molecular formula is C11H15N3OS. The van der Waals surface area contributed by atoms with Crippen LogP contribution in [0.1, 0.15) is 0 Å². The van der Waals surface area contributed by atoms with E-state index < -0.39 is 0 Å². The Balaban J connectivity index is 2.35. The van der Waals surface area contributed by atoms with Crippen LogP contribution in [0.3, 0.4) is 0 Å². The lowest BCUT2D eigenvalue weighted by Gasteiger charge is -2.12. The summed E-state index contributed by atoms with van der Waals surface area (Å²) >= 11 is 1.65. The molecule has 0 fully saturated rings. The maximum Gasteiger partial charge on any atom is 0.186 e. The first-order valence-corrected chi connectivity index (χ1v) is 5.92. The number of aromatic nitrogens is 1. The summed E-state index contributed by atoms with van der Waals surface area (Å²) < 4.78 is 6.32. The molecule has 0 aliphatic heterocycles. The Labute approximate surface area is 98.6 Å². The SMILES string of the molecule is COc1ccc2nc(N(C)CCN)sc2c1. The average molecular weight is 237 g/mol. The van der Waals surface area contributed by atoms with Gasteiger partial charge in [-0.1, -0.05) is 11.3 Å². The number of hydrogen-bond donors (Lipinski definition) is 1. The number of methoxy groups -OCH3 is 1. The first-order valence-electron chi connectivity index (χ1n) is 5.10. The van der Waals surface area contributed by atoms with Gasteiger partial charge in [-0.3, -0.25) is 0 Å². The van der Waals surface area contributed by atoms with E-state index in [2.05, 4.69) is 9.88 Å². The Morgan fingerprint density at radius 3 is 3.00 bits per heavy atom. The molecule has 0 spiro atoms. The van der Waals surface area contributed by atoms with Crippen molar-refractivity contribution < 1.29 is 4.74 Å². The number of likely N-dealkylation sites (N-methyl/N-ethyl adjacent to an activating group) is 1. The third kappa shape index (κ3) is 2.10.